The van der Waals surface area contributed by atoms with Crippen molar-refractivity contribution in [2.24, 2.45) is 20.0 Å². The Labute approximate surface area is 111 Å². The lowest BCUT2D eigenvalue weighted by atomic mass is 9.97. The Morgan fingerprint density at radius 2 is 1.89 bits per heavy atom. The summed E-state index contributed by atoms with van der Waals surface area (Å²) in [5.41, 5.74) is -0.700. The molecule has 1 aromatic heterocycles. The normalized spacial score (nSPS) is 16.9. The SMILES string of the molecule is CNCC1CCN(c2nn(C)c(=O)n(C)c2=O)CC1. The lowest BCUT2D eigenvalue weighted by Crippen LogP contribution is -2.45. The molecule has 0 spiro atoms. The van der Waals surface area contributed by atoms with Crippen LogP contribution in [-0.4, -0.2) is 41.0 Å². The Morgan fingerprint density at radius 1 is 1.26 bits per heavy atom. The molecular weight excluding hydrogens is 246 g/mol. The van der Waals surface area contributed by atoms with Crippen molar-refractivity contribution in [2.75, 3.05) is 31.6 Å². The number of anilines is 1. The highest BCUT2D eigenvalue weighted by molar-refractivity contribution is 5.35. The van der Waals surface area contributed by atoms with Crippen LogP contribution in [0.25, 0.3) is 0 Å². The topological polar surface area (TPSA) is 72.2 Å². The molecule has 2 heterocycles. The highest BCUT2D eigenvalue weighted by Crippen LogP contribution is 2.18. The molecule has 2 rings (SSSR count). The van der Waals surface area contributed by atoms with Crippen molar-refractivity contribution < 1.29 is 0 Å². The third-order valence-corrected chi connectivity index (χ3v) is 3.71. The van der Waals surface area contributed by atoms with E-state index in [0.29, 0.717) is 11.7 Å². The molecule has 0 unspecified atom stereocenters. The van der Waals surface area contributed by atoms with Crippen molar-refractivity contribution >= 4 is 5.82 Å². The van der Waals surface area contributed by atoms with Crippen molar-refractivity contribution in [1.29, 1.82) is 0 Å². The van der Waals surface area contributed by atoms with Gasteiger partial charge in [0.15, 0.2) is 0 Å². The summed E-state index contributed by atoms with van der Waals surface area (Å²) in [7, 11) is 5.01. The van der Waals surface area contributed by atoms with E-state index < -0.39 is 0 Å². The number of piperidine rings is 1. The Bertz CT molecular complexity index is 554. The minimum absolute atomic E-state index is 0.310. The first-order valence-corrected chi connectivity index (χ1v) is 6.58. The summed E-state index contributed by atoms with van der Waals surface area (Å²) in [5, 5.41) is 7.29. The lowest BCUT2D eigenvalue weighted by Gasteiger charge is -2.32. The summed E-state index contributed by atoms with van der Waals surface area (Å²) in [6, 6.07) is 0. The zero-order valence-electron chi connectivity index (χ0n) is 11.7. The monoisotopic (exact) mass is 267 g/mol. The van der Waals surface area contributed by atoms with Crippen LogP contribution in [0.1, 0.15) is 12.8 Å². The third-order valence-electron chi connectivity index (χ3n) is 3.71. The summed E-state index contributed by atoms with van der Waals surface area (Å²) in [4.78, 5) is 25.7. The first-order valence-electron chi connectivity index (χ1n) is 6.58. The molecule has 1 fully saturated rings. The Morgan fingerprint density at radius 3 is 2.47 bits per heavy atom. The third kappa shape index (κ3) is 2.70. The van der Waals surface area contributed by atoms with Gasteiger partial charge in [0.05, 0.1) is 0 Å². The van der Waals surface area contributed by atoms with Crippen LogP contribution in [0, 0.1) is 5.92 Å². The first kappa shape index (κ1) is 13.8. The molecular formula is C12H21N5O2. The molecule has 0 saturated carbocycles. The Balaban J connectivity index is 2.21. The maximum atomic E-state index is 12.1. The van der Waals surface area contributed by atoms with Gasteiger partial charge in [0, 0.05) is 27.2 Å². The zero-order valence-corrected chi connectivity index (χ0v) is 11.7. The fraction of sp³-hybridized carbons (Fsp3) is 0.750. The predicted molar refractivity (Wildman–Crippen MR) is 73.6 cm³/mol. The molecule has 7 heteroatoms. The van der Waals surface area contributed by atoms with E-state index in [1.165, 1.54) is 11.7 Å². The van der Waals surface area contributed by atoms with E-state index in [9.17, 15) is 9.59 Å². The summed E-state index contributed by atoms with van der Waals surface area (Å²) in [6.07, 6.45) is 2.07. The molecule has 0 bridgehead atoms. The summed E-state index contributed by atoms with van der Waals surface area (Å²) in [6.45, 7) is 2.63. The van der Waals surface area contributed by atoms with Crippen LogP contribution < -0.4 is 21.5 Å². The van der Waals surface area contributed by atoms with Gasteiger partial charge in [0.25, 0.3) is 5.56 Å². The standard InChI is InChI=1S/C12H21N5O2/c1-13-8-9-4-6-17(7-5-9)10-11(18)15(2)12(19)16(3)14-10/h9,13H,4-8H2,1-3H3. The van der Waals surface area contributed by atoms with Crippen LogP contribution >= 0.6 is 0 Å². The number of nitrogens with zero attached hydrogens (tertiary/aromatic N) is 4. The van der Waals surface area contributed by atoms with Crippen molar-refractivity contribution in [2.45, 2.75) is 12.8 Å². The maximum absolute atomic E-state index is 12.1. The average molecular weight is 267 g/mol. The van der Waals surface area contributed by atoms with Gasteiger partial charge in [-0.15, -0.1) is 5.10 Å². The molecule has 1 aromatic rings. The number of rotatable bonds is 3. The van der Waals surface area contributed by atoms with E-state index in [0.717, 1.165) is 37.0 Å². The van der Waals surface area contributed by atoms with Crippen LogP contribution in [0.4, 0.5) is 5.82 Å². The van der Waals surface area contributed by atoms with E-state index in [4.69, 9.17) is 0 Å². The molecule has 0 radical (unpaired) electrons. The van der Waals surface area contributed by atoms with Crippen LogP contribution in [0.15, 0.2) is 9.59 Å². The van der Waals surface area contributed by atoms with Crippen molar-refractivity contribution in [1.82, 2.24) is 19.7 Å². The predicted octanol–water partition coefficient (Wildman–Crippen LogP) is -1.09. The number of aromatic nitrogens is 3. The molecule has 0 amide bonds. The van der Waals surface area contributed by atoms with Gasteiger partial charge < -0.3 is 10.2 Å². The minimum atomic E-state index is -0.390. The molecule has 1 N–H and O–H groups in total. The Hall–Kier alpha value is -1.63. The van der Waals surface area contributed by atoms with Crippen molar-refractivity contribution in [3.05, 3.63) is 20.8 Å². The number of nitrogens with one attached hydrogen (secondary N) is 1. The van der Waals surface area contributed by atoms with Gasteiger partial charge in [0.2, 0.25) is 5.82 Å². The molecule has 106 valence electrons. The Kier molecular flexibility index (Phi) is 4.04. The van der Waals surface area contributed by atoms with E-state index in [1.54, 1.807) is 7.05 Å². The van der Waals surface area contributed by atoms with E-state index in [2.05, 4.69) is 10.4 Å². The van der Waals surface area contributed by atoms with Crippen LogP contribution in [0.2, 0.25) is 0 Å². The zero-order chi connectivity index (χ0) is 14.0. The van der Waals surface area contributed by atoms with Crippen molar-refractivity contribution in [3.63, 3.8) is 0 Å². The molecule has 1 aliphatic heterocycles. The van der Waals surface area contributed by atoms with E-state index in [1.807, 2.05) is 11.9 Å². The summed E-state index contributed by atoms with van der Waals surface area (Å²) < 4.78 is 2.33. The number of hydrogen-bond donors (Lipinski definition) is 1. The fourth-order valence-corrected chi connectivity index (χ4v) is 2.52. The average Bonchev–Trinajstić information content (AvgIpc) is 2.42. The molecule has 0 aromatic carbocycles. The van der Waals surface area contributed by atoms with Gasteiger partial charge in [-0.2, -0.15) is 0 Å². The van der Waals surface area contributed by atoms with E-state index in [-0.39, 0.29) is 11.2 Å². The molecule has 0 aliphatic carbocycles. The van der Waals surface area contributed by atoms with Gasteiger partial charge in [-0.05, 0) is 32.4 Å². The highest BCUT2D eigenvalue weighted by Gasteiger charge is 2.22. The van der Waals surface area contributed by atoms with Crippen molar-refractivity contribution in [3.8, 4) is 0 Å². The van der Waals surface area contributed by atoms with Crippen LogP contribution in [0.3, 0.4) is 0 Å². The van der Waals surface area contributed by atoms with Gasteiger partial charge in [-0.25, -0.2) is 9.48 Å². The number of aryl methyl sites for hydroxylation is 1. The minimum Gasteiger partial charge on any atom is -0.351 e. The largest absolute Gasteiger partial charge is 0.351 e. The van der Waals surface area contributed by atoms with E-state index >= 15 is 0 Å². The summed E-state index contributed by atoms with van der Waals surface area (Å²) >= 11 is 0. The van der Waals surface area contributed by atoms with Crippen LogP contribution in [0.5, 0.6) is 0 Å². The molecule has 19 heavy (non-hydrogen) atoms. The number of hydrogen-bond acceptors (Lipinski definition) is 5. The quantitative estimate of drug-likeness (QED) is 0.754. The summed E-state index contributed by atoms with van der Waals surface area (Å²) in [5.74, 6) is 1.03. The smallest absolute Gasteiger partial charge is 0.346 e. The second-order valence-electron chi connectivity index (χ2n) is 5.08. The highest BCUT2D eigenvalue weighted by atomic mass is 16.2. The molecule has 1 aliphatic rings. The van der Waals surface area contributed by atoms with Crippen LogP contribution in [-0.2, 0) is 14.1 Å². The fourth-order valence-electron chi connectivity index (χ4n) is 2.52. The maximum Gasteiger partial charge on any atom is 0.346 e. The first-order chi connectivity index (χ1) is 9.04. The van der Waals surface area contributed by atoms with Gasteiger partial charge in [0.1, 0.15) is 0 Å². The molecule has 0 atom stereocenters. The van der Waals surface area contributed by atoms with Gasteiger partial charge >= 0.3 is 5.69 Å². The lowest BCUT2D eigenvalue weighted by molar-refractivity contribution is 0.389. The van der Waals surface area contributed by atoms with Gasteiger partial charge in [-0.3, -0.25) is 9.36 Å². The molecule has 1 saturated heterocycles. The van der Waals surface area contributed by atoms with Gasteiger partial charge in [-0.1, -0.05) is 0 Å². The second-order valence-corrected chi connectivity index (χ2v) is 5.08. The molecule has 7 nitrogen and oxygen atoms in total. The second kappa shape index (κ2) is 5.56.